The smallest absolute Gasteiger partial charge is 0.255 e. The lowest BCUT2D eigenvalue weighted by Gasteiger charge is -2.34. The number of hydrogen-bond donors (Lipinski definition) is 0. The molecule has 0 fully saturated rings. The Morgan fingerprint density at radius 2 is 2.06 bits per heavy atom. The molecule has 0 bridgehead atoms. The highest BCUT2D eigenvalue weighted by Crippen LogP contribution is 2.22. The van der Waals surface area contributed by atoms with Crippen molar-refractivity contribution in [1.82, 2.24) is 4.90 Å². The lowest BCUT2D eigenvalue weighted by molar-refractivity contribution is 0.0660. The fourth-order valence-corrected chi connectivity index (χ4v) is 1.64. The van der Waals surface area contributed by atoms with E-state index in [1.165, 1.54) is 17.0 Å². The van der Waals surface area contributed by atoms with E-state index in [1.54, 1.807) is 7.05 Å². The molecule has 5 heteroatoms. The predicted octanol–water partition coefficient (Wildman–Crippen LogP) is 3.57. The predicted molar refractivity (Wildman–Crippen MR) is 68.3 cm³/mol. The van der Waals surface area contributed by atoms with Crippen LogP contribution in [-0.2, 0) is 0 Å². The van der Waals surface area contributed by atoms with Crippen molar-refractivity contribution in [2.75, 3.05) is 12.9 Å². The molecule has 0 aliphatic heterocycles. The molecule has 0 N–H and O–H groups in total. The van der Waals surface area contributed by atoms with Crippen LogP contribution < -0.4 is 0 Å². The molecular formula is C12H14Cl2FNO. The van der Waals surface area contributed by atoms with E-state index in [-0.39, 0.29) is 16.5 Å². The minimum Gasteiger partial charge on any atom is -0.335 e. The second kappa shape index (κ2) is 5.23. The van der Waals surface area contributed by atoms with Gasteiger partial charge in [-0.15, -0.1) is 11.6 Å². The number of nitrogens with zero attached hydrogens (tertiary/aromatic N) is 1. The van der Waals surface area contributed by atoms with Crippen molar-refractivity contribution in [1.29, 1.82) is 0 Å². The van der Waals surface area contributed by atoms with Crippen LogP contribution in [0.15, 0.2) is 18.2 Å². The average molecular weight is 278 g/mol. The zero-order valence-corrected chi connectivity index (χ0v) is 11.4. The number of benzene rings is 1. The molecule has 1 aromatic carbocycles. The van der Waals surface area contributed by atoms with Gasteiger partial charge >= 0.3 is 0 Å². The largest absolute Gasteiger partial charge is 0.335 e. The summed E-state index contributed by atoms with van der Waals surface area (Å²) in [7, 11) is 1.64. The minimum atomic E-state index is -0.490. The van der Waals surface area contributed by atoms with E-state index in [1.807, 2.05) is 13.8 Å². The minimum absolute atomic E-state index is 0.104. The van der Waals surface area contributed by atoms with Gasteiger partial charge in [0.25, 0.3) is 5.91 Å². The Bertz CT molecular complexity index is 435. The maximum absolute atomic E-state index is 12.9. The van der Waals surface area contributed by atoms with Crippen LogP contribution in [0, 0.1) is 5.82 Å². The van der Waals surface area contributed by atoms with Crippen LogP contribution in [0.5, 0.6) is 0 Å². The van der Waals surface area contributed by atoms with Gasteiger partial charge in [-0.3, -0.25) is 4.79 Å². The number of amides is 1. The van der Waals surface area contributed by atoms with Crippen molar-refractivity contribution in [2.24, 2.45) is 0 Å². The normalized spacial score (nSPS) is 11.4. The average Bonchev–Trinajstić information content (AvgIpc) is 2.27. The summed E-state index contributed by atoms with van der Waals surface area (Å²) in [6.07, 6.45) is 0. The second-order valence-corrected chi connectivity index (χ2v) is 5.11. The number of alkyl halides is 1. The monoisotopic (exact) mass is 277 g/mol. The molecule has 17 heavy (non-hydrogen) atoms. The summed E-state index contributed by atoms with van der Waals surface area (Å²) in [6.45, 7) is 3.69. The molecule has 0 aliphatic rings. The van der Waals surface area contributed by atoms with Gasteiger partial charge in [-0.1, -0.05) is 11.6 Å². The van der Waals surface area contributed by atoms with Gasteiger partial charge in [-0.2, -0.15) is 0 Å². The Morgan fingerprint density at radius 3 is 2.53 bits per heavy atom. The summed E-state index contributed by atoms with van der Waals surface area (Å²) in [5, 5.41) is 0.104. The summed E-state index contributed by atoms with van der Waals surface area (Å²) in [5.74, 6) is -0.444. The van der Waals surface area contributed by atoms with E-state index < -0.39 is 11.4 Å². The molecular weight excluding hydrogens is 264 g/mol. The molecule has 1 rings (SSSR count). The second-order valence-electron chi connectivity index (χ2n) is 4.43. The molecule has 0 spiro atoms. The van der Waals surface area contributed by atoms with Crippen molar-refractivity contribution in [3.05, 3.63) is 34.6 Å². The molecule has 0 aliphatic carbocycles. The third kappa shape index (κ3) is 3.11. The van der Waals surface area contributed by atoms with Crippen molar-refractivity contribution in [2.45, 2.75) is 19.4 Å². The van der Waals surface area contributed by atoms with E-state index in [4.69, 9.17) is 23.2 Å². The lowest BCUT2D eigenvalue weighted by atomic mass is 10.0. The summed E-state index contributed by atoms with van der Waals surface area (Å²) in [4.78, 5) is 13.6. The first kappa shape index (κ1) is 14.3. The molecule has 1 aromatic rings. The number of carbonyl (C=O) groups excluding carboxylic acids is 1. The maximum atomic E-state index is 12.9. The molecule has 0 aromatic heterocycles. The van der Waals surface area contributed by atoms with Crippen molar-refractivity contribution >= 4 is 29.1 Å². The van der Waals surface area contributed by atoms with E-state index in [0.717, 1.165) is 6.07 Å². The standard InChI is InChI=1S/C12H14Cl2FNO/c1-12(2,7-13)16(3)11(17)9-5-4-8(15)6-10(9)14/h4-6H,7H2,1-3H3. The summed E-state index contributed by atoms with van der Waals surface area (Å²) >= 11 is 11.6. The van der Waals surface area contributed by atoms with E-state index in [2.05, 4.69) is 0 Å². The topological polar surface area (TPSA) is 20.3 Å². The lowest BCUT2D eigenvalue weighted by Crippen LogP contribution is -2.46. The summed E-state index contributed by atoms with van der Waals surface area (Å²) in [5.41, 5.74) is -0.218. The highest BCUT2D eigenvalue weighted by atomic mass is 35.5. The SMILES string of the molecule is CN(C(=O)c1ccc(F)cc1Cl)C(C)(C)CCl. The van der Waals surface area contributed by atoms with Crippen molar-refractivity contribution in [3.8, 4) is 0 Å². The molecule has 1 amide bonds. The van der Waals surface area contributed by atoms with Gasteiger partial charge in [0.15, 0.2) is 0 Å². The number of rotatable bonds is 3. The van der Waals surface area contributed by atoms with Crippen LogP contribution in [0.4, 0.5) is 4.39 Å². The fourth-order valence-electron chi connectivity index (χ4n) is 1.21. The first-order valence-corrected chi connectivity index (χ1v) is 6.00. The highest BCUT2D eigenvalue weighted by molar-refractivity contribution is 6.33. The molecule has 0 saturated heterocycles. The van der Waals surface area contributed by atoms with Crippen LogP contribution in [-0.4, -0.2) is 29.3 Å². The van der Waals surface area contributed by atoms with Gasteiger partial charge < -0.3 is 4.90 Å². The number of carbonyl (C=O) groups is 1. The Hall–Kier alpha value is -0.800. The zero-order chi connectivity index (χ0) is 13.2. The van der Waals surface area contributed by atoms with Crippen LogP contribution in [0.25, 0.3) is 0 Å². The first-order chi connectivity index (χ1) is 7.79. The highest BCUT2D eigenvalue weighted by Gasteiger charge is 2.28. The van der Waals surface area contributed by atoms with Gasteiger partial charge in [0, 0.05) is 12.9 Å². The van der Waals surface area contributed by atoms with Crippen molar-refractivity contribution < 1.29 is 9.18 Å². The number of halogens is 3. The van der Waals surface area contributed by atoms with E-state index in [9.17, 15) is 9.18 Å². The fraction of sp³-hybridized carbons (Fsp3) is 0.417. The third-order valence-electron chi connectivity index (χ3n) is 2.70. The number of hydrogen-bond acceptors (Lipinski definition) is 1. The van der Waals surface area contributed by atoms with Gasteiger partial charge in [0.1, 0.15) is 5.82 Å². The van der Waals surface area contributed by atoms with Gasteiger partial charge in [-0.25, -0.2) is 4.39 Å². The van der Waals surface area contributed by atoms with Crippen molar-refractivity contribution in [3.63, 3.8) is 0 Å². The van der Waals surface area contributed by atoms with Crippen LogP contribution in [0.2, 0.25) is 5.02 Å². The first-order valence-electron chi connectivity index (χ1n) is 5.09. The van der Waals surface area contributed by atoms with Crippen LogP contribution in [0.3, 0.4) is 0 Å². The van der Waals surface area contributed by atoms with Gasteiger partial charge in [0.2, 0.25) is 0 Å². The van der Waals surface area contributed by atoms with Crippen LogP contribution in [0.1, 0.15) is 24.2 Å². The molecule has 0 heterocycles. The summed E-state index contributed by atoms with van der Waals surface area (Å²) < 4.78 is 12.9. The van der Waals surface area contributed by atoms with Crippen LogP contribution >= 0.6 is 23.2 Å². The summed E-state index contributed by atoms with van der Waals surface area (Å²) in [6, 6.07) is 3.71. The van der Waals surface area contributed by atoms with Gasteiger partial charge in [0.05, 0.1) is 16.1 Å². The molecule has 0 atom stereocenters. The van der Waals surface area contributed by atoms with E-state index >= 15 is 0 Å². The molecule has 0 radical (unpaired) electrons. The molecule has 2 nitrogen and oxygen atoms in total. The van der Waals surface area contributed by atoms with Gasteiger partial charge in [-0.05, 0) is 32.0 Å². The maximum Gasteiger partial charge on any atom is 0.255 e. The molecule has 0 saturated carbocycles. The molecule has 0 unspecified atom stereocenters. The zero-order valence-electron chi connectivity index (χ0n) is 9.93. The quantitative estimate of drug-likeness (QED) is 0.774. The Balaban J connectivity index is 3.05. The molecule has 94 valence electrons. The Morgan fingerprint density at radius 1 is 1.47 bits per heavy atom. The Labute approximate surface area is 110 Å². The Kier molecular flexibility index (Phi) is 4.39. The third-order valence-corrected chi connectivity index (χ3v) is 3.67. The van der Waals surface area contributed by atoms with E-state index in [0.29, 0.717) is 5.88 Å².